The summed E-state index contributed by atoms with van der Waals surface area (Å²) in [5.41, 5.74) is 2.28. The fourth-order valence-corrected chi connectivity index (χ4v) is 2.79. The summed E-state index contributed by atoms with van der Waals surface area (Å²) < 4.78 is 32.7. The quantitative estimate of drug-likeness (QED) is 0.912. The number of hydrogen-bond donors (Lipinski definition) is 1. The molecular formula is C17H16ClF2NO. The summed E-state index contributed by atoms with van der Waals surface area (Å²) in [6.45, 7) is 2.07. The maximum atomic E-state index is 13.6. The van der Waals surface area contributed by atoms with Crippen molar-refractivity contribution in [2.45, 2.75) is 19.1 Å². The van der Waals surface area contributed by atoms with Crippen molar-refractivity contribution in [3.8, 4) is 11.1 Å². The molecule has 0 unspecified atom stereocenters. The lowest BCUT2D eigenvalue weighted by molar-refractivity contribution is 0.0543. The monoisotopic (exact) mass is 323 g/mol. The summed E-state index contributed by atoms with van der Waals surface area (Å²) in [6.07, 6.45) is 1.10. The van der Waals surface area contributed by atoms with E-state index in [9.17, 15) is 8.78 Å². The topological polar surface area (TPSA) is 21.3 Å². The predicted molar refractivity (Wildman–Crippen MR) is 82.9 cm³/mol. The molecule has 22 heavy (non-hydrogen) atoms. The highest BCUT2D eigenvalue weighted by molar-refractivity contribution is 6.31. The highest BCUT2D eigenvalue weighted by Gasteiger charge is 2.16. The van der Waals surface area contributed by atoms with E-state index < -0.39 is 5.82 Å². The van der Waals surface area contributed by atoms with Gasteiger partial charge in [0.2, 0.25) is 0 Å². The van der Waals surface area contributed by atoms with E-state index in [0.29, 0.717) is 6.61 Å². The van der Waals surface area contributed by atoms with Gasteiger partial charge in [-0.1, -0.05) is 23.7 Å². The Labute approximate surface area is 133 Å². The molecule has 1 fully saturated rings. The SMILES string of the molecule is Fc1ccc(-c2ccc(F)c(Cl)c2)c(CO[C@H]2CCNC2)c1. The van der Waals surface area contributed by atoms with Gasteiger partial charge in [0, 0.05) is 6.54 Å². The minimum Gasteiger partial charge on any atom is -0.372 e. The Morgan fingerprint density at radius 1 is 1.18 bits per heavy atom. The van der Waals surface area contributed by atoms with Gasteiger partial charge in [0.25, 0.3) is 0 Å². The lowest BCUT2D eigenvalue weighted by Gasteiger charge is -2.14. The number of benzene rings is 2. The molecule has 0 saturated carbocycles. The molecule has 1 N–H and O–H groups in total. The summed E-state index contributed by atoms with van der Waals surface area (Å²) in [5, 5.41) is 3.27. The van der Waals surface area contributed by atoms with Gasteiger partial charge in [0.15, 0.2) is 0 Å². The molecular weight excluding hydrogens is 308 g/mol. The Morgan fingerprint density at radius 2 is 2.05 bits per heavy atom. The molecule has 116 valence electrons. The maximum absolute atomic E-state index is 13.6. The van der Waals surface area contributed by atoms with Crippen molar-refractivity contribution in [2.75, 3.05) is 13.1 Å². The van der Waals surface area contributed by atoms with Crippen molar-refractivity contribution < 1.29 is 13.5 Å². The zero-order valence-electron chi connectivity index (χ0n) is 11.9. The van der Waals surface area contributed by atoms with Crippen LogP contribution < -0.4 is 5.32 Å². The highest BCUT2D eigenvalue weighted by atomic mass is 35.5. The molecule has 2 nitrogen and oxygen atoms in total. The van der Waals surface area contributed by atoms with E-state index in [4.69, 9.17) is 16.3 Å². The second kappa shape index (κ2) is 6.73. The minimum atomic E-state index is -0.470. The largest absolute Gasteiger partial charge is 0.372 e. The fourth-order valence-electron chi connectivity index (χ4n) is 2.61. The van der Waals surface area contributed by atoms with Crippen LogP contribution in [0.25, 0.3) is 11.1 Å². The highest BCUT2D eigenvalue weighted by Crippen LogP contribution is 2.29. The van der Waals surface area contributed by atoms with Crippen molar-refractivity contribution in [3.63, 3.8) is 0 Å². The third kappa shape index (κ3) is 3.46. The van der Waals surface area contributed by atoms with Crippen molar-refractivity contribution in [2.24, 2.45) is 0 Å². The zero-order valence-corrected chi connectivity index (χ0v) is 12.7. The Bertz CT molecular complexity index is 672. The summed E-state index contributed by atoms with van der Waals surface area (Å²) in [5.74, 6) is -0.789. The Hall–Kier alpha value is -1.49. The van der Waals surface area contributed by atoms with E-state index in [1.807, 2.05) is 0 Å². The van der Waals surface area contributed by atoms with Crippen LogP contribution in [0.2, 0.25) is 5.02 Å². The van der Waals surface area contributed by atoms with Crippen LogP contribution in [0.4, 0.5) is 8.78 Å². The molecule has 2 aromatic rings. The average molecular weight is 324 g/mol. The van der Waals surface area contributed by atoms with Crippen molar-refractivity contribution in [3.05, 3.63) is 58.6 Å². The standard InChI is InChI=1S/C17H16ClF2NO/c18-16-8-11(1-4-17(16)20)15-3-2-13(19)7-12(15)10-22-14-5-6-21-9-14/h1-4,7-8,14,21H,5-6,9-10H2/t14-/m0/s1. The van der Waals surface area contributed by atoms with Gasteiger partial charge in [-0.3, -0.25) is 0 Å². The molecule has 1 aliphatic rings. The predicted octanol–water partition coefficient (Wildman–Crippen LogP) is 4.16. The van der Waals surface area contributed by atoms with Gasteiger partial charge in [-0.05, 0) is 53.9 Å². The van der Waals surface area contributed by atoms with E-state index in [1.54, 1.807) is 18.2 Å². The molecule has 0 amide bonds. The lowest BCUT2D eigenvalue weighted by Crippen LogP contribution is -2.16. The molecule has 3 rings (SSSR count). The van der Waals surface area contributed by atoms with Crippen LogP contribution >= 0.6 is 11.6 Å². The van der Waals surface area contributed by atoms with Gasteiger partial charge in [-0.25, -0.2) is 8.78 Å². The van der Waals surface area contributed by atoms with Crippen molar-refractivity contribution in [1.29, 1.82) is 0 Å². The Morgan fingerprint density at radius 3 is 2.77 bits per heavy atom. The molecule has 5 heteroatoms. The third-order valence-electron chi connectivity index (χ3n) is 3.79. The smallest absolute Gasteiger partial charge is 0.141 e. The third-order valence-corrected chi connectivity index (χ3v) is 4.08. The average Bonchev–Trinajstić information content (AvgIpc) is 3.02. The van der Waals surface area contributed by atoms with Gasteiger partial charge in [0.05, 0.1) is 17.7 Å². The maximum Gasteiger partial charge on any atom is 0.141 e. The zero-order chi connectivity index (χ0) is 15.5. The van der Waals surface area contributed by atoms with Crippen LogP contribution in [0.5, 0.6) is 0 Å². The number of ether oxygens (including phenoxy) is 1. The van der Waals surface area contributed by atoms with Crippen LogP contribution in [0.3, 0.4) is 0 Å². The van der Waals surface area contributed by atoms with E-state index >= 15 is 0 Å². The van der Waals surface area contributed by atoms with Gasteiger partial charge >= 0.3 is 0 Å². The van der Waals surface area contributed by atoms with Crippen LogP contribution in [-0.4, -0.2) is 19.2 Å². The molecule has 2 aromatic carbocycles. The second-order valence-electron chi connectivity index (χ2n) is 5.36. The van der Waals surface area contributed by atoms with Gasteiger partial charge in [-0.2, -0.15) is 0 Å². The van der Waals surface area contributed by atoms with E-state index in [0.717, 1.165) is 36.2 Å². The van der Waals surface area contributed by atoms with E-state index in [2.05, 4.69) is 5.32 Å². The fraction of sp³-hybridized carbons (Fsp3) is 0.294. The molecule has 1 heterocycles. The normalized spacial score (nSPS) is 17.9. The number of hydrogen-bond acceptors (Lipinski definition) is 2. The second-order valence-corrected chi connectivity index (χ2v) is 5.76. The molecule has 0 aromatic heterocycles. The summed E-state index contributed by atoms with van der Waals surface area (Å²) >= 11 is 5.84. The molecule has 1 aliphatic heterocycles. The first-order chi connectivity index (χ1) is 10.6. The first-order valence-corrected chi connectivity index (χ1v) is 7.57. The molecule has 0 bridgehead atoms. The first-order valence-electron chi connectivity index (χ1n) is 7.19. The summed E-state index contributed by atoms with van der Waals surface area (Å²) in [6, 6.07) is 9.00. The molecule has 1 atom stereocenters. The molecule has 0 aliphatic carbocycles. The van der Waals surface area contributed by atoms with Gasteiger partial charge in [0.1, 0.15) is 11.6 Å². The van der Waals surface area contributed by atoms with Crippen molar-refractivity contribution in [1.82, 2.24) is 5.32 Å². The van der Waals surface area contributed by atoms with Gasteiger partial charge < -0.3 is 10.1 Å². The number of rotatable bonds is 4. The Balaban J connectivity index is 1.87. The van der Waals surface area contributed by atoms with E-state index in [1.165, 1.54) is 18.2 Å². The Kier molecular flexibility index (Phi) is 4.71. The summed E-state index contributed by atoms with van der Waals surface area (Å²) in [4.78, 5) is 0. The van der Waals surface area contributed by atoms with Crippen molar-refractivity contribution >= 4 is 11.6 Å². The summed E-state index contributed by atoms with van der Waals surface area (Å²) in [7, 11) is 0. The van der Waals surface area contributed by atoms with Gasteiger partial charge in [-0.15, -0.1) is 0 Å². The van der Waals surface area contributed by atoms with Crippen LogP contribution in [0.1, 0.15) is 12.0 Å². The van der Waals surface area contributed by atoms with Crippen LogP contribution in [0.15, 0.2) is 36.4 Å². The first kappa shape index (κ1) is 15.4. The minimum absolute atomic E-state index is 0.0497. The molecule has 1 saturated heterocycles. The number of nitrogens with one attached hydrogen (secondary N) is 1. The van der Waals surface area contributed by atoms with Crippen LogP contribution in [0, 0.1) is 11.6 Å². The molecule has 0 spiro atoms. The van der Waals surface area contributed by atoms with E-state index in [-0.39, 0.29) is 16.9 Å². The lowest BCUT2D eigenvalue weighted by atomic mass is 10.00. The molecule has 0 radical (unpaired) electrons. The van der Waals surface area contributed by atoms with Crippen LogP contribution in [-0.2, 0) is 11.3 Å². The number of halogens is 3.